The topological polar surface area (TPSA) is 17.8 Å². The molecule has 5 aromatic carbocycles. The van der Waals surface area contributed by atoms with E-state index in [1.54, 1.807) is 0 Å². The molecule has 0 atom stereocenters. The minimum Gasteiger partial charge on any atom is -0.310 e. The van der Waals surface area contributed by atoms with Crippen molar-refractivity contribution in [3.8, 4) is 39.1 Å². The highest BCUT2D eigenvalue weighted by Crippen LogP contribution is 2.41. The Hall–Kier alpha value is -5.25. The first-order valence-corrected chi connectivity index (χ1v) is 16.0. The maximum absolute atomic E-state index is 4.36. The predicted octanol–water partition coefficient (Wildman–Crippen LogP) is 11.4. The summed E-state index contributed by atoms with van der Waals surface area (Å²) in [5, 5.41) is 3.93. The normalized spacial score (nSPS) is 12.7. The van der Waals surface area contributed by atoms with Crippen LogP contribution in [0.25, 0.3) is 76.2 Å². The molecule has 9 rings (SSSR count). The van der Waals surface area contributed by atoms with Crippen LogP contribution in [0.2, 0.25) is 0 Å². The van der Waals surface area contributed by atoms with E-state index in [0.29, 0.717) is 0 Å². The number of hydrogen-bond donors (Lipinski definition) is 0. The maximum Gasteiger partial charge on any atom is 0.0538 e. The third-order valence-corrected chi connectivity index (χ3v) is 10.2. The van der Waals surface area contributed by atoms with E-state index in [2.05, 4.69) is 143 Å². The molecule has 1 aliphatic carbocycles. The third kappa shape index (κ3) is 4.05. The molecule has 44 heavy (non-hydrogen) atoms. The molecule has 0 saturated carbocycles. The van der Waals surface area contributed by atoms with Gasteiger partial charge in [-0.15, -0.1) is 11.3 Å². The first kappa shape index (κ1) is 25.3. The Morgan fingerprint density at radius 3 is 2.18 bits per heavy atom. The minimum atomic E-state index is 1.09. The molecule has 0 radical (unpaired) electrons. The summed E-state index contributed by atoms with van der Waals surface area (Å²) in [7, 11) is 0. The fourth-order valence-electron chi connectivity index (χ4n) is 6.91. The van der Waals surface area contributed by atoms with Crippen LogP contribution in [0.5, 0.6) is 0 Å². The van der Waals surface area contributed by atoms with Gasteiger partial charge in [-0.1, -0.05) is 91.0 Å². The summed E-state index contributed by atoms with van der Waals surface area (Å²) in [6.07, 6.45) is 10.7. The molecule has 0 spiro atoms. The van der Waals surface area contributed by atoms with Crippen LogP contribution in [0.3, 0.4) is 0 Å². The van der Waals surface area contributed by atoms with E-state index in [-0.39, 0.29) is 0 Å². The van der Waals surface area contributed by atoms with Crippen molar-refractivity contribution >= 4 is 48.5 Å². The number of para-hydroxylation sites is 1. The van der Waals surface area contributed by atoms with Crippen LogP contribution < -0.4 is 0 Å². The number of nitrogens with zero attached hydrogens (tertiary/aromatic N) is 2. The zero-order chi connectivity index (χ0) is 29.0. The van der Waals surface area contributed by atoms with Crippen molar-refractivity contribution < 1.29 is 0 Å². The smallest absolute Gasteiger partial charge is 0.0538 e. The average molecular weight is 581 g/mol. The van der Waals surface area contributed by atoms with Crippen molar-refractivity contribution in [1.29, 1.82) is 0 Å². The fourth-order valence-corrected chi connectivity index (χ4v) is 8.12. The lowest BCUT2D eigenvalue weighted by Gasteiger charge is -2.14. The third-order valence-electron chi connectivity index (χ3n) is 8.97. The van der Waals surface area contributed by atoms with Crippen molar-refractivity contribution in [2.75, 3.05) is 0 Å². The van der Waals surface area contributed by atoms with E-state index in [0.717, 1.165) is 12.8 Å². The van der Waals surface area contributed by atoms with Crippen LogP contribution in [-0.4, -0.2) is 9.55 Å². The standard InChI is InChI=1S/C41H28N2S/c1-3-19-38-34(15-1)35-16-2-4-20-39(35)43(38)32-14-7-12-30(25-32)28-10-5-9-27(23-28)29-11-6-13-31(24-29)33-17-8-18-37-36-21-22-42-26-40(36)44-41(33)37/h1,3-15,17-26H,2,16H2. The molecule has 0 amide bonds. The first-order chi connectivity index (χ1) is 21.8. The van der Waals surface area contributed by atoms with Crippen LogP contribution in [0.4, 0.5) is 0 Å². The summed E-state index contributed by atoms with van der Waals surface area (Å²) in [5.74, 6) is 0. The first-order valence-electron chi connectivity index (χ1n) is 15.2. The van der Waals surface area contributed by atoms with Crippen molar-refractivity contribution in [3.63, 3.8) is 0 Å². The van der Waals surface area contributed by atoms with E-state index in [1.807, 2.05) is 23.7 Å². The van der Waals surface area contributed by atoms with Gasteiger partial charge in [0.15, 0.2) is 0 Å². The molecule has 1 aliphatic rings. The molecule has 0 unspecified atom stereocenters. The summed E-state index contributed by atoms with van der Waals surface area (Å²) in [5.41, 5.74) is 12.6. The average Bonchev–Trinajstić information content (AvgIpc) is 3.65. The van der Waals surface area contributed by atoms with Gasteiger partial charge in [0.1, 0.15) is 0 Å². The Balaban J connectivity index is 1.12. The van der Waals surface area contributed by atoms with Crippen molar-refractivity contribution in [2.24, 2.45) is 0 Å². The molecule has 0 bridgehead atoms. The minimum absolute atomic E-state index is 1.09. The number of benzene rings is 5. The fraction of sp³-hybridized carbons (Fsp3) is 0.0488. The second kappa shape index (κ2) is 10.2. The highest BCUT2D eigenvalue weighted by molar-refractivity contribution is 7.26. The lowest BCUT2D eigenvalue weighted by molar-refractivity contribution is 0.968. The lowest BCUT2D eigenvalue weighted by atomic mass is 9.95. The molecule has 8 aromatic rings. The lowest BCUT2D eigenvalue weighted by Crippen LogP contribution is -2.00. The SMILES string of the molecule is C1=Cc2c(c3ccccc3n2-c2cccc(-c3cccc(-c4cccc(-c5cccc6c5sc5cnccc56)c4)c3)c2)CC1. The highest BCUT2D eigenvalue weighted by atomic mass is 32.1. The van der Waals surface area contributed by atoms with Crippen LogP contribution in [-0.2, 0) is 6.42 Å². The van der Waals surface area contributed by atoms with Gasteiger partial charge in [0, 0.05) is 44.6 Å². The molecular weight excluding hydrogens is 553 g/mol. The Morgan fingerprint density at radius 2 is 1.32 bits per heavy atom. The molecular formula is C41H28N2S. The van der Waals surface area contributed by atoms with Gasteiger partial charge < -0.3 is 4.57 Å². The van der Waals surface area contributed by atoms with Gasteiger partial charge in [0.2, 0.25) is 0 Å². The molecule has 0 aliphatic heterocycles. The number of allylic oxidation sites excluding steroid dienone is 1. The maximum atomic E-state index is 4.36. The van der Waals surface area contributed by atoms with E-state index >= 15 is 0 Å². The summed E-state index contributed by atoms with van der Waals surface area (Å²) < 4.78 is 4.97. The Labute approximate surface area is 260 Å². The summed E-state index contributed by atoms with van der Waals surface area (Å²) in [4.78, 5) is 4.36. The summed E-state index contributed by atoms with van der Waals surface area (Å²) >= 11 is 1.82. The van der Waals surface area contributed by atoms with Crippen LogP contribution >= 0.6 is 11.3 Å². The number of pyridine rings is 1. The number of rotatable bonds is 4. The summed E-state index contributed by atoms with van der Waals surface area (Å²) in [6, 6.07) is 44.5. The molecule has 0 N–H and O–H groups in total. The molecule has 3 heterocycles. The second-order valence-corrected chi connectivity index (χ2v) is 12.6. The van der Waals surface area contributed by atoms with Gasteiger partial charge in [-0.05, 0) is 94.3 Å². The molecule has 3 heteroatoms. The molecule has 208 valence electrons. The zero-order valence-corrected chi connectivity index (χ0v) is 24.9. The monoisotopic (exact) mass is 580 g/mol. The van der Waals surface area contributed by atoms with Crippen molar-refractivity contribution in [2.45, 2.75) is 12.8 Å². The predicted molar refractivity (Wildman–Crippen MR) is 188 cm³/mol. The van der Waals surface area contributed by atoms with Gasteiger partial charge in [-0.3, -0.25) is 4.98 Å². The number of hydrogen-bond acceptors (Lipinski definition) is 2. The quantitative estimate of drug-likeness (QED) is 0.202. The van der Waals surface area contributed by atoms with E-state index in [1.165, 1.54) is 81.4 Å². The van der Waals surface area contributed by atoms with E-state index < -0.39 is 0 Å². The highest BCUT2D eigenvalue weighted by Gasteiger charge is 2.18. The zero-order valence-electron chi connectivity index (χ0n) is 24.1. The van der Waals surface area contributed by atoms with E-state index in [4.69, 9.17) is 0 Å². The number of thiophene rings is 1. The van der Waals surface area contributed by atoms with Crippen LogP contribution in [0, 0.1) is 0 Å². The number of fused-ring (bicyclic) bond motifs is 6. The Morgan fingerprint density at radius 1 is 0.614 bits per heavy atom. The number of aromatic nitrogens is 2. The second-order valence-electron chi connectivity index (χ2n) is 11.5. The number of aryl methyl sites for hydroxylation is 1. The molecule has 0 saturated heterocycles. The van der Waals surface area contributed by atoms with Crippen LogP contribution in [0.1, 0.15) is 17.7 Å². The van der Waals surface area contributed by atoms with Gasteiger partial charge >= 0.3 is 0 Å². The van der Waals surface area contributed by atoms with Gasteiger partial charge in [-0.2, -0.15) is 0 Å². The van der Waals surface area contributed by atoms with Crippen LogP contribution in [0.15, 0.2) is 140 Å². The summed E-state index contributed by atoms with van der Waals surface area (Å²) in [6.45, 7) is 0. The molecule has 2 nitrogen and oxygen atoms in total. The van der Waals surface area contributed by atoms with Gasteiger partial charge in [0.25, 0.3) is 0 Å². The van der Waals surface area contributed by atoms with Gasteiger partial charge in [-0.25, -0.2) is 0 Å². The van der Waals surface area contributed by atoms with Crippen molar-refractivity contribution in [1.82, 2.24) is 9.55 Å². The molecule has 3 aromatic heterocycles. The Kier molecular flexibility index (Phi) is 5.85. The Bertz CT molecular complexity index is 2400. The van der Waals surface area contributed by atoms with Crippen molar-refractivity contribution in [3.05, 3.63) is 151 Å². The molecule has 0 fully saturated rings. The van der Waals surface area contributed by atoms with E-state index in [9.17, 15) is 0 Å². The largest absolute Gasteiger partial charge is 0.310 e. The van der Waals surface area contributed by atoms with Gasteiger partial charge in [0.05, 0.1) is 10.2 Å².